The van der Waals surface area contributed by atoms with Crippen LogP contribution in [0, 0.1) is 0 Å². The Labute approximate surface area is 149 Å². The van der Waals surface area contributed by atoms with E-state index < -0.39 is 28.0 Å². The van der Waals surface area contributed by atoms with Gasteiger partial charge in [0.2, 0.25) is 0 Å². The zero-order valence-corrected chi connectivity index (χ0v) is 14.9. The molecule has 0 radical (unpaired) electrons. The fraction of sp³-hybridized carbons (Fsp3) is 0.263. The van der Waals surface area contributed by atoms with Gasteiger partial charge < -0.3 is 9.84 Å². The lowest BCUT2D eigenvalue weighted by atomic mass is 10.1. The largest absolute Gasteiger partial charge is 0.480 e. The zero-order chi connectivity index (χ0) is 18.4. The van der Waals surface area contributed by atoms with E-state index in [4.69, 9.17) is 4.74 Å². The Morgan fingerprint density at radius 2 is 1.76 bits per heavy atom. The van der Waals surface area contributed by atoms with E-state index in [2.05, 4.69) is 0 Å². The summed E-state index contributed by atoms with van der Waals surface area (Å²) in [5.41, 5.74) is 1.47. The maximum atomic E-state index is 12.6. The molecular weight excluding hydrogens is 340 g/mol. The Hall–Kier alpha value is -2.47. The van der Waals surface area contributed by atoms with E-state index in [9.17, 15) is 18.9 Å². The number of ether oxygens (including phenoxy) is 1. The van der Waals surface area contributed by atoms with Crippen molar-refractivity contribution in [3.63, 3.8) is 0 Å². The van der Waals surface area contributed by atoms with Gasteiger partial charge in [-0.2, -0.15) is 0 Å². The van der Waals surface area contributed by atoms with Gasteiger partial charge in [0.25, 0.3) is 0 Å². The molecule has 0 spiro atoms. The van der Waals surface area contributed by atoms with Gasteiger partial charge in [0, 0.05) is 16.6 Å². The smallest absolute Gasteiger partial charge is 0.338 e. The molecule has 0 amide bonds. The van der Waals surface area contributed by atoms with Gasteiger partial charge in [-0.3, -0.25) is 9.00 Å². The van der Waals surface area contributed by atoms with Gasteiger partial charge in [-0.25, -0.2) is 4.79 Å². The van der Waals surface area contributed by atoms with E-state index in [1.54, 1.807) is 68.4 Å². The summed E-state index contributed by atoms with van der Waals surface area (Å²) < 4.78 is 17.8. The second kappa shape index (κ2) is 8.58. The molecule has 6 heteroatoms. The number of hydrogen-bond donors (Lipinski definition) is 1. The van der Waals surface area contributed by atoms with Crippen LogP contribution in [0.1, 0.15) is 40.6 Å². The summed E-state index contributed by atoms with van der Waals surface area (Å²) in [7, 11) is -1.67. The van der Waals surface area contributed by atoms with Crippen LogP contribution in [0.2, 0.25) is 0 Å². The second-order valence-electron chi connectivity index (χ2n) is 5.81. The molecule has 0 heterocycles. The maximum Gasteiger partial charge on any atom is 0.338 e. The van der Waals surface area contributed by atoms with Crippen LogP contribution in [0.25, 0.3) is 0 Å². The summed E-state index contributed by atoms with van der Waals surface area (Å²) in [4.78, 5) is 23.5. The van der Waals surface area contributed by atoms with Crippen molar-refractivity contribution in [2.45, 2.75) is 31.0 Å². The van der Waals surface area contributed by atoms with E-state index in [1.807, 2.05) is 0 Å². The third-order valence-corrected chi connectivity index (χ3v) is 5.02. The van der Waals surface area contributed by atoms with Crippen molar-refractivity contribution in [1.29, 1.82) is 0 Å². The molecule has 2 aromatic carbocycles. The molecule has 0 fully saturated rings. The summed E-state index contributed by atoms with van der Waals surface area (Å²) in [6.07, 6.45) is -0.236. The lowest BCUT2D eigenvalue weighted by Gasteiger charge is -2.13. The van der Waals surface area contributed by atoms with Crippen LogP contribution in [0.5, 0.6) is 0 Å². The normalized spacial score (nSPS) is 13.2. The van der Waals surface area contributed by atoms with E-state index in [0.717, 1.165) is 0 Å². The van der Waals surface area contributed by atoms with Crippen molar-refractivity contribution in [3.05, 3.63) is 71.3 Å². The zero-order valence-electron chi connectivity index (χ0n) is 14.0. The van der Waals surface area contributed by atoms with Gasteiger partial charge in [-0.1, -0.05) is 42.5 Å². The number of aliphatic carboxylic acids is 1. The Kier molecular flexibility index (Phi) is 6.47. The molecule has 0 aliphatic rings. The third kappa shape index (κ3) is 5.26. The van der Waals surface area contributed by atoms with Gasteiger partial charge in [-0.05, 0) is 37.1 Å². The summed E-state index contributed by atoms with van der Waals surface area (Å²) in [6, 6.07) is 15.1. The van der Waals surface area contributed by atoms with Crippen molar-refractivity contribution in [2.75, 3.05) is 0 Å². The number of hydrogen-bond acceptors (Lipinski definition) is 4. The molecule has 132 valence electrons. The average Bonchev–Trinajstić information content (AvgIpc) is 2.55. The highest BCUT2D eigenvalue weighted by Crippen LogP contribution is 2.23. The molecule has 5 nitrogen and oxygen atoms in total. The topological polar surface area (TPSA) is 80.7 Å². The van der Waals surface area contributed by atoms with Gasteiger partial charge in [-0.15, -0.1) is 0 Å². The van der Waals surface area contributed by atoms with E-state index in [-0.39, 0.29) is 11.9 Å². The third-order valence-electron chi connectivity index (χ3n) is 3.40. The Morgan fingerprint density at radius 3 is 2.36 bits per heavy atom. The number of carboxylic acids is 1. The number of rotatable bonds is 7. The van der Waals surface area contributed by atoms with E-state index in [0.29, 0.717) is 16.7 Å². The molecule has 0 bridgehead atoms. The minimum absolute atomic E-state index is 0.0364. The second-order valence-corrected chi connectivity index (χ2v) is 7.33. The summed E-state index contributed by atoms with van der Waals surface area (Å²) in [5, 5.41) is 8.33. The molecule has 1 N–H and O–H groups in total. The Morgan fingerprint density at radius 1 is 1.08 bits per heavy atom. The molecule has 0 aliphatic heterocycles. The molecule has 2 unspecified atom stereocenters. The average molecular weight is 360 g/mol. The number of carbonyl (C=O) groups is 2. The standard InChI is InChI=1S/C19H20O5S/c1-13(2)24-19(22)16-10-6-7-14(11-16)12-25(23)17(18(20)21)15-8-4-3-5-9-15/h3-11,13,17H,12H2,1-2H3,(H,20,21). The molecule has 0 saturated carbocycles. The van der Waals surface area contributed by atoms with Crippen molar-refractivity contribution in [3.8, 4) is 0 Å². The lowest BCUT2D eigenvalue weighted by molar-refractivity contribution is -0.136. The Bertz CT molecular complexity index is 770. The van der Waals surface area contributed by atoms with Gasteiger partial charge in [0.1, 0.15) is 0 Å². The molecular formula is C19H20O5S. The minimum atomic E-state index is -1.67. The van der Waals surface area contributed by atoms with Crippen LogP contribution in [0.15, 0.2) is 54.6 Å². The van der Waals surface area contributed by atoms with Gasteiger partial charge in [0.05, 0.1) is 11.7 Å². The predicted octanol–water partition coefficient (Wildman–Crippen LogP) is 3.33. The molecule has 0 aliphatic carbocycles. The summed E-state index contributed by atoms with van der Waals surface area (Å²) in [6.45, 7) is 3.52. The predicted molar refractivity (Wildman–Crippen MR) is 95.7 cm³/mol. The highest BCUT2D eigenvalue weighted by molar-refractivity contribution is 7.85. The van der Waals surface area contributed by atoms with Crippen LogP contribution in [-0.2, 0) is 26.1 Å². The first-order chi connectivity index (χ1) is 11.9. The van der Waals surface area contributed by atoms with Gasteiger partial charge in [0.15, 0.2) is 5.25 Å². The highest BCUT2D eigenvalue weighted by atomic mass is 32.2. The summed E-state index contributed by atoms with van der Waals surface area (Å²) >= 11 is 0. The molecule has 2 aromatic rings. The maximum absolute atomic E-state index is 12.6. The number of esters is 1. The van der Waals surface area contributed by atoms with Gasteiger partial charge >= 0.3 is 11.9 Å². The Balaban J connectivity index is 2.19. The number of benzene rings is 2. The highest BCUT2D eigenvalue weighted by Gasteiger charge is 2.26. The van der Waals surface area contributed by atoms with Crippen LogP contribution >= 0.6 is 0 Å². The first-order valence-corrected chi connectivity index (χ1v) is 9.21. The van der Waals surface area contributed by atoms with Crippen molar-refractivity contribution in [2.24, 2.45) is 0 Å². The fourth-order valence-electron chi connectivity index (χ4n) is 2.35. The van der Waals surface area contributed by atoms with E-state index in [1.165, 1.54) is 0 Å². The molecule has 2 atom stereocenters. The number of carbonyl (C=O) groups excluding carboxylic acids is 1. The van der Waals surface area contributed by atoms with Crippen molar-refractivity contribution >= 4 is 22.7 Å². The number of carboxylic acid groups (broad SMARTS) is 1. The monoisotopic (exact) mass is 360 g/mol. The van der Waals surface area contributed by atoms with Crippen LogP contribution in [0.4, 0.5) is 0 Å². The first-order valence-electron chi connectivity index (χ1n) is 7.83. The minimum Gasteiger partial charge on any atom is -0.480 e. The SMILES string of the molecule is CC(C)OC(=O)c1cccc(CS(=O)C(C(=O)O)c2ccccc2)c1. The van der Waals surface area contributed by atoms with Crippen LogP contribution in [0.3, 0.4) is 0 Å². The lowest BCUT2D eigenvalue weighted by Crippen LogP contribution is -2.18. The molecule has 0 aromatic heterocycles. The first kappa shape index (κ1) is 18.9. The summed E-state index contributed by atoms with van der Waals surface area (Å²) in [5.74, 6) is -1.56. The van der Waals surface area contributed by atoms with Crippen LogP contribution < -0.4 is 0 Å². The van der Waals surface area contributed by atoms with E-state index >= 15 is 0 Å². The molecule has 2 rings (SSSR count). The van der Waals surface area contributed by atoms with Crippen molar-refractivity contribution in [1.82, 2.24) is 0 Å². The quantitative estimate of drug-likeness (QED) is 0.766. The van der Waals surface area contributed by atoms with Crippen LogP contribution in [-0.4, -0.2) is 27.4 Å². The fourth-order valence-corrected chi connectivity index (χ4v) is 3.71. The molecule has 25 heavy (non-hydrogen) atoms. The molecule has 0 saturated heterocycles. The van der Waals surface area contributed by atoms with Crippen molar-refractivity contribution < 1.29 is 23.6 Å².